The van der Waals surface area contributed by atoms with Crippen molar-refractivity contribution in [1.82, 2.24) is 9.21 Å². The molecular formula is C21H24ClN5O6S2. The van der Waals surface area contributed by atoms with E-state index < -0.39 is 37.5 Å². The van der Waals surface area contributed by atoms with Crippen molar-refractivity contribution in [3.05, 3.63) is 46.0 Å². The van der Waals surface area contributed by atoms with Gasteiger partial charge in [0.25, 0.3) is 5.91 Å². The molecule has 1 fully saturated rings. The summed E-state index contributed by atoms with van der Waals surface area (Å²) in [7, 11) is -6.07. The van der Waals surface area contributed by atoms with Crippen molar-refractivity contribution in [2.45, 2.75) is 22.5 Å². The molecule has 1 saturated heterocycles. The van der Waals surface area contributed by atoms with Gasteiger partial charge in [-0.25, -0.2) is 16.8 Å². The molecule has 2 aromatic carbocycles. The molecule has 2 aromatic rings. The van der Waals surface area contributed by atoms with Crippen LogP contribution >= 0.6 is 11.6 Å². The van der Waals surface area contributed by atoms with Crippen LogP contribution in [0.15, 0.2) is 39.0 Å². The molecule has 0 unspecified atom stereocenters. The molecule has 2 heterocycles. The molecule has 0 radical (unpaired) electrons. The van der Waals surface area contributed by atoms with Crippen LogP contribution < -0.4 is 16.2 Å². The Balaban J connectivity index is 1.80. The molecule has 11 nitrogen and oxygen atoms in total. The average Bonchev–Trinajstić information content (AvgIpc) is 2.87. The van der Waals surface area contributed by atoms with E-state index in [2.05, 4.69) is 4.99 Å². The Morgan fingerprint density at radius 2 is 1.74 bits per heavy atom. The smallest absolute Gasteiger partial charge is 0.280 e. The van der Waals surface area contributed by atoms with E-state index in [0.29, 0.717) is 31.7 Å². The number of carbonyl (C=O) groups excluding carboxylic acids is 1. The highest BCUT2D eigenvalue weighted by Crippen LogP contribution is 2.44. The molecule has 1 amide bonds. The zero-order valence-corrected chi connectivity index (χ0v) is 21.4. The number of hydrogen-bond donors (Lipinski definition) is 2. The van der Waals surface area contributed by atoms with E-state index in [9.17, 15) is 21.6 Å². The van der Waals surface area contributed by atoms with Crippen LogP contribution in [0.1, 0.15) is 21.5 Å². The highest BCUT2D eigenvalue weighted by Gasteiger charge is 2.34. The second kappa shape index (κ2) is 9.06. The molecule has 0 aliphatic carbocycles. The number of halogens is 1. The van der Waals surface area contributed by atoms with Crippen LogP contribution in [0.4, 0.5) is 0 Å². The number of ether oxygens (including phenoxy) is 1. The molecule has 188 valence electrons. The monoisotopic (exact) mass is 541 g/mol. The summed E-state index contributed by atoms with van der Waals surface area (Å²) < 4.78 is 60.4. The van der Waals surface area contributed by atoms with Gasteiger partial charge in [0.2, 0.25) is 10.0 Å². The maximum atomic E-state index is 13.3. The lowest BCUT2D eigenvalue weighted by Gasteiger charge is -2.31. The Labute approximate surface area is 208 Å². The summed E-state index contributed by atoms with van der Waals surface area (Å²) in [5, 5.41) is -0.0432. The van der Waals surface area contributed by atoms with E-state index in [1.807, 2.05) is 11.9 Å². The van der Waals surface area contributed by atoms with Crippen LogP contribution in [0.3, 0.4) is 0 Å². The predicted molar refractivity (Wildman–Crippen MR) is 130 cm³/mol. The number of benzene rings is 2. The number of nitrogens with two attached hydrogens (primary N) is 2. The van der Waals surface area contributed by atoms with Crippen LogP contribution in [0.25, 0.3) is 0 Å². The molecule has 14 heteroatoms. The van der Waals surface area contributed by atoms with Crippen molar-refractivity contribution in [2.24, 2.45) is 16.5 Å². The number of fused-ring (bicyclic) bond motifs is 2. The SMILES string of the molecule is Cc1cc(C(=O)N=C(N)N)cc2c1Oc1c(Cl)cc(S(=O)(=O)N3CCN(C)CC3)cc1CS2(=O)=O. The molecule has 2 aliphatic rings. The Morgan fingerprint density at radius 1 is 1.09 bits per heavy atom. The zero-order valence-electron chi connectivity index (χ0n) is 19.0. The lowest BCUT2D eigenvalue weighted by Crippen LogP contribution is -2.47. The number of nitrogens with zero attached hydrogens (tertiary/aromatic N) is 3. The summed E-state index contributed by atoms with van der Waals surface area (Å²) in [4.78, 5) is 17.4. The van der Waals surface area contributed by atoms with Gasteiger partial charge in [-0.2, -0.15) is 9.30 Å². The molecule has 0 atom stereocenters. The van der Waals surface area contributed by atoms with Gasteiger partial charge in [-0.3, -0.25) is 4.79 Å². The number of aryl methyl sites for hydroxylation is 1. The number of aliphatic imine (C=N–C) groups is 1. The first kappa shape index (κ1) is 25.4. The second-order valence-electron chi connectivity index (χ2n) is 8.42. The third kappa shape index (κ3) is 4.86. The number of amides is 1. The first-order valence-electron chi connectivity index (χ1n) is 10.5. The Kier molecular flexibility index (Phi) is 6.57. The number of guanidine groups is 1. The molecule has 4 N–H and O–H groups in total. The van der Waals surface area contributed by atoms with Crippen molar-refractivity contribution >= 4 is 43.3 Å². The second-order valence-corrected chi connectivity index (χ2v) is 12.7. The highest BCUT2D eigenvalue weighted by molar-refractivity contribution is 7.90. The van der Waals surface area contributed by atoms with Gasteiger partial charge in [-0.15, -0.1) is 0 Å². The van der Waals surface area contributed by atoms with Crippen molar-refractivity contribution in [2.75, 3.05) is 33.2 Å². The number of sulfonamides is 1. The third-order valence-electron chi connectivity index (χ3n) is 5.80. The number of hydrogen-bond acceptors (Lipinski definition) is 7. The van der Waals surface area contributed by atoms with Gasteiger partial charge in [-0.05, 0) is 43.8 Å². The van der Waals surface area contributed by atoms with Crippen LogP contribution in [-0.2, 0) is 25.6 Å². The van der Waals surface area contributed by atoms with E-state index in [0.717, 1.165) is 6.07 Å². The molecule has 35 heavy (non-hydrogen) atoms. The van der Waals surface area contributed by atoms with Gasteiger partial charge in [0, 0.05) is 37.3 Å². The zero-order chi connectivity index (χ0) is 25.7. The maximum absolute atomic E-state index is 13.3. The van der Waals surface area contributed by atoms with E-state index in [1.54, 1.807) is 6.92 Å². The summed E-state index contributed by atoms with van der Waals surface area (Å²) in [5.74, 6) is -1.83. The molecule has 0 aromatic heterocycles. The van der Waals surface area contributed by atoms with E-state index >= 15 is 0 Å². The minimum Gasteiger partial charge on any atom is -0.454 e. The molecule has 0 bridgehead atoms. The van der Waals surface area contributed by atoms with Gasteiger partial charge < -0.3 is 21.1 Å². The molecular weight excluding hydrogens is 518 g/mol. The number of rotatable bonds is 3. The Morgan fingerprint density at radius 3 is 2.37 bits per heavy atom. The molecule has 4 rings (SSSR count). The van der Waals surface area contributed by atoms with Crippen molar-refractivity contribution < 1.29 is 26.4 Å². The number of carbonyl (C=O) groups is 1. The Hall–Kier alpha value is -2.71. The fraction of sp³-hybridized carbons (Fsp3) is 0.333. The molecule has 0 saturated carbocycles. The van der Waals surface area contributed by atoms with Gasteiger partial charge in [-0.1, -0.05) is 11.6 Å². The number of likely N-dealkylation sites (N-methyl/N-ethyl adjacent to an activating group) is 1. The summed E-state index contributed by atoms with van der Waals surface area (Å²) >= 11 is 6.43. The predicted octanol–water partition coefficient (Wildman–Crippen LogP) is 1.08. The quantitative estimate of drug-likeness (QED) is 0.427. The summed E-state index contributed by atoms with van der Waals surface area (Å²) in [5.41, 5.74) is 10.9. The van der Waals surface area contributed by atoms with Gasteiger partial charge >= 0.3 is 0 Å². The summed E-state index contributed by atoms with van der Waals surface area (Å²) in [6.45, 7) is 3.32. The number of piperazine rings is 1. The Bertz CT molecular complexity index is 1460. The third-order valence-corrected chi connectivity index (χ3v) is 9.62. The number of sulfone groups is 1. The first-order chi connectivity index (χ1) is 16.3. The molecule has 2 aliphatic heterocycles. The van der Waals surface area contributed by atoms with E-state index in [1.165, 1.54) is 22.5 Å². The fourth-order valence-corrected chi connectivity index (χ4v) is 7.38. The lowest BCUT2D eigenvalue weighted by atomic mass is 10.1. The van der Waals surface area contributed by atoms with Crippen LogP contribution in [0, 0.1) is 6.92 Å². The van der Waals surface area contributed by atoms with E-state index in [4.69, 9.17) is 27.8 Å². The van der Waals surface area contributed by atoms with Gasteiger partial charge in [0.1, 0.15) is 16.4 Å². The maximum Gasteiger partial charge on any atom is 0.280 e. The topological polar surface area (TPSA) is 165 Å². The lowest BCUT2D eigenvalue weighted by molar-refractivity contribution is 0.100. The minimum atomic E-state index is -4.07. The van der Waals surface area contributed by atoms with Crippen LogP contribution in [-0.4, -0.2) is 71.1 Å². The largest absolute Gasteiger partial charge is 0.454 e. The average molecular weight is 542 g/mol. The van der Waals surface area contributed by atoms with Crippen LogP contribution in [0.2, 0.25) is 5.02 Å². The van der Waals surface area contributed by atoms with E-state index in [-0.39, 0.29) is 37.4 Å². The van der Waals surface area contributed by atoms with Gasteiger partial charge in [0.05, 0.1) is 15.7 Å². The van der Waals surface area contributed by atoms with Crippen molar-refractivity contribution in [1.29, 1.82) is 0 Å². The first-order valence-corrected chi connectivity index (χ1v) is 14.0. The standard InChI is InChI=1S/C21H24ClN5O6S2/c1-12-7-13(20(28)25-21(23)24)9-17-18(12)33-19-14(11-34(17,29)30)8-15(10-16(19)22)35(31,32)27-5-3-26(2)4-6-27/h7-10H,3-6,11H2,1-2H3,(H4,23,24,25,28). The highest BCUT2D eigenvalue weighted by atomic mass is 35.5. The van der Waals surface area contributed by atoms with Crippen LogP contribution in [0.5, 0.6) is 11.5 Å². The molecule has 0 spiro atoms. The van der Waals surface area contributed by atoms with Crippen molar-refractivity contribution in [3.8, 4) is 11.5 Å². The normalized spacial score (nSPS) is 18.0. The fourth-order valence-electron chi connectivity index (χ4n) is 3.96. The summed E-state index contributed by atoms with van der Waals surface area (Å²) in [6, 6.07) is 5.07. The van der Waals surface area contributed by atoms with Gasteiger partial charge in [0.15, 0.2) is 15.8 Å². The van der Waals surface area contributed by atoms with Crippen molar-refractivity contribution in [3.63, 3.8) is 0 Å². The minimum absolute atomic E-state index is 0.0124. The summed E-state index contributed by atoms with van der Waals surface area (Å²) in [6.07, 6.45) is 0.